The molecule has 0 aliphatic rings. The van der Waals surface area contributed by atoms with Gasteiger partial charge in [-0.1, -0.05) is 31.9 Å². The number of ether oxygens (including phenoxy) is 1. The number of fused-ring (bicyclic) bond motifs is 1. The van der Waals surface area contributed by atoms with E-state index >= 15 is 0 Å². The number of nitrogens with zero attached hydrogens (tertiary/aromatic N) is 3. The lowest BCUT2D eigenvalue weighted by atomic mass is 9.98. The molecule has 3 aromatic heterocycles. The van der Waals surface area contributed by atoms with Crippen molar-refractivity contribution in [3.05, 3.63) is 48.4 Å². The number of rotatable bonds is 6. The molecule has 0 aliphatic heterocycles. The van der Waals surface area contributed by atoms with Gasteiger partial charge in [-0.3, -0.25) is 9.48 Å². The number of carbonyl (C=O) groups excluding carboxylic acids is 1. The fourth-order valence-corrected chi connectivity index (χ4v) is 3.64. The van der Waals surface area contributed by atoms with Crippen LogP contribution in [0.15, 0.2) is 42.9 Å². The van der Waals surface area contributed by atoms with Gasteiger partial charge in [-0.05, 0) is 48.9 Å². The number of amides is 1. The first kappa shape index (κ1) is 22.2. The Hall–Kier alpha value is -4.05. The Balaban J connectivity index is 1.89. The van der Waals surface area contributed by atoms with Gasteiger partial charge >= 0.3 is 0 Å². The van der Waals surface area contributed by atoms with Crippen LogP contribution < -0.4 is 10.1 Å². The summed E-state index contributed by atoms with van der Waals surface area (Å²) >= 11 is 0. The number of anilines is 1. The quantitative estimate of drug-likeness (QED) is 0.415. The van der Waals surface area contributed by atoms with Crippen molar-refractivity contribution < 1.29 is 9.53 Å². The molecule has 0 aliphatic carbocycles. The van der Waals surface area contributed by atoms with E-state index in [0.29, 0.717) is 24.0 Å². The van der Waals surface area contributed by atoms with Gasteiger partial charge in [0.25, 0.3) is 5.91 Å². The summed E-state index contributed by atoms with van der Waals surface area (Å²) in [5.74, 6) is 5.95. The van der Waals surface area contributed by atoms with Gasteiger partial charge in [0.2, 0.25) is 0 Å². The lowest BCUT2D eigenvalue weighted by Crippen LogP contribution is -2.09. The summed E-state index contributed by atoms with van der Waals surface area (Å²) in [6, 6.07) is 8.01. The number of aryl methyl sites for hydroxylation is 2. The summed E-state index contributed by atoms with van der Waals surface area (Å²) in [6.45, 7) is 8.43. The average molecular weight is 442 g/mol. The van der Waals surface area contributed by atoms with Crippen LogP contribution in [0, 0.1) is 24.7 Å². The Labute approximate surface area is 193 Å². The maximum Gasteiger partial charge on any atom is 0.300 e. The molecule has 0 bridgehead atoms. The molecule has 0 fully saturated rings. The molecule has 4 aromatic rings. The average Bonchev–Trinajstić information content (AvgIpc) is 3.37. The molecular weight excluding hydrogens is 414 g/mol. The number of aromatic amines is 1. The summed E-state index contributed by atoms with van der Waals surface area (Å²) in [5.41, 5.74) is 6.17. The molecule has 168 valence electrons. The molecule has 33 heavy (non-hydrogen) atoms. The van der Waals surface area contributed by atoms with Crippen LogP contribution in [0.25, 0.3) is 33.4 Å². The maximum atomic E-state index is 12.1. The number of hydrogen-bond acceptors (Lipinski definition) is 4. The standard InChI is InChI=1S/C26H27N5O2/c1-6-7-23(32)29-22-10-18(9-8-17(22)4)24-21-11-20(33-15-16(2)3)13-27-26(21)30-25(24)19-12-28-31(5)14-19/h8-14,16H,15H2,1-5H3,(H,27,30)(H,29,32). The second kappa shape index (κ2) is 9.21. The molecule has 0 unspecified atom stereocenters. The summed E-state index contributed by atoms with van der Waals surface area (Å²) in [7, 11) is 1.89. The zero-order valence-electron chi connectivity index (χ0n) is 19.5. The summed E-state index contributed by atoms with van der Waals surface area (Å²) < 4.78 is 7.71. The van der Waals surface area contributed by atoms with Gasteiger partial charge in [0.05, 0.1) is 24.7 Å². The molecule has 0 saturated carbocycles. The minimum absolute atomic E-state index is 0.338. The summed E-state index contributed by atoms with van der Waals surface area (Å²) in [6.07, 6.45) is 5.51. The third-order valence-electron chi connectivity index (χ3n) is 5.22. The minimum atomic E-state index is -0.338. The molecule has 0 atom stereocenters. The van der Waals surface area contributed by atoms with E-state index in [1.54, 1.807) is 17.8 Å². The number of benzene rings is 1. The normalized spacial score (nSPS) is 10.8. The second-order valence-corrected chi connectivity index (χ2v) is 8.41. The van der Waals surface area contributed by atoms with Crippen molar-refractivity contribution in [2.75, 3.05) is 11.9 Å². The Morgan fingerprint density at radius 3 is 2.76 bits per heavy atom. The van der Waals surface area contributed by atoms with Crippen LogP contribution in [-0.4, -0.2) is 32.3 Å². The number of carbonyl (C=O) groups is 1. The third kappa shape index (κ3) is 4.75. The van der Waals surface area contributed by atoms with Crippen molar-refractivity contribution in [2.24, 2.45) is 13.0 Å². The molecule has 7 nitrogen and oxygen atoms in total. The van der Waals surface area contributed by atoms with Crippen molar-refractivity contribution in [1.29, 1.82) is 0 Å². The second-order valence-electron chi connectivity index (χ2n) is 8.41. The minimum Gasteiger partial charge on any atom is -0.492 e. The van der Waals surface area contributed by atoms with Gasteiger partial charge < -0.3 is 15.0 Å². The number of aromatic nitrogens is 4. The fraction of sp³-hybridized carbons (Fsp3) is 0.269. The number of hydrogen-bond donors (Lipinski definition) is 2. The van der Waals surface area contributed by atoms with Gasteiger partial charge in [-0.25, -0.2) is 4.98 Å². The van der Waals surface area contributed by atoms with E-state index in [2.05, 4.69) is 46.1 Å². The van der Waals surface area contributed by atoms with Crippen LogP contribution in [0.4, 0.5) is 5.69 Å². The highest BCUT2D eigenvalue weighted by Gasteiger charge is 2.19. The molecule has 1 aromatic carbocycles. The highest BCUT2D eigenvalue weighted by Crippen LogP contribution is 2.40. The Morgan fingerprint density at radius 1 is 1.24 bits per heavy atom. The third-order valence-corrected chi connectivity index (χ3v) is 5.22. The van der Waals surface area contributed by atoms with Gasteiger partial charge in [-0.2, -0.15) is 5.10 Å². The SMILES string of the molecule is CC#CC(=O)Nc1cc(-c2c(-c3cnn(C)c3)[nH]c3ncc(OCC(C)C)cc23)ccc1C. The summed E-state index contributed by atoms with van der Waals surface area (Å²) in [5, 5.41) is 8.16. The van der Waals surface area contributed by atoms with Crippen LogP contribution >= 0.6 is 0 Å². The van der Waals surface area contributed by atoms with E-state index < -0.39 is 0 Å². The number of pyridine rings is 1. The largest absolute Gasteiger partial charge is 0.492 e. The zero-order chi connectivity index (χ0) is 23.5. The zero-order valence-corrected chi connectivity index (χ0v) is 19.5. The predicted molar refractivity (Wildman–Crippen MR) is 131 cm³/mol. The lowest BCUT2D eigenvalue weighted by molar-refractivity contribution is -0.111. The molecule has 3 heterocycles. The molecule has 2 N–H and O–H groups in total. The van der Waals surface area contributed by atoms with Crippen LogP contribution in [-0.2, 0) is 11.8 Å². The Morgan fingerprint density at radius 2 is 2.06 bits per heavy atom. The van der Waals surface area contributed by atoms with Crippen LogP contribution in [0.5, 0.6) is 5.75 Å². The van der Waals surface area contributed by atoms with Gasteiger partial charge in [0.15, 0.2) is 0 Å². The monoisotopic (exact) mass is 441 g/mol. The molecule has 7 heteroatoms. The van der Waals surface area contributed by atoms with E-state index in [1.165, 1.54) is 0 Å². The van der Waals surface area contributed by atoms with E-state index in [4.69, 9.17) is 4.74 Å². The predicted octanol–water partition coefficient (Wildman–Crippen LogP) is 4.94. The van der Waals surface area contributed by atoms with Crippen molar-refractivity contribution in [1.82, 2.24) is 19.7 Å². The van der Waals surface area contributed by atoms with Gasteiger partial charge in [0, 0.05) is 35.4 Å². The first-order valence-electron chi connectivity index (χ1n) is 10.8. The lowest BCUT2D eigenvalue weighted by Gasteiger charge is -2.11. The van der Waals surface area contributed by atoms with Crippen LogP contribution in [0.1, 0.15) is 26.3 Å². The van der Waals surface area contributed by atoms with E-state index in [9.17, 15) is 4.79 Å². The Bertz CT molecular complexity index is 1380. The van der Waals surface area contributed by atoms with Gasteiger partial charge in [0.1, 0.15) is 11.4 Å². The van der Waals surface area contributed by atoms with Crippen LogP contribution in [0.3, 0.4) is 0 Å². The van der Waals surface area contributed by atoms with Gasteiger partial charge in [-0.15, -0.1) is 0 Å². The van der Waals surface area contributed by atoms with Crippen molar-refractivity contribution in [3.63, 3.8) is 0 Å². The topological polar surface area (TPSA) is 84.8 Å². The molecule has 0 spiro atoms. The van der Waals surface area contributed by atoms with Crippen molar-refractivity contribution >= 4 is 22.6 Å². The summed E-state index contributed by atoms with van der Waals surface area (Å²) in [4.78, 5) is 20.2. The van der Waals surface area contributed by atoms with E-state index in [-0.39, 0.29) is 5.91 Å². The number of nitrogens with one attached hydrogen (secondary N) is 2. The smallest absolute Gasteiger partial charge is 0.300 e. The number of H-pyrrole nitrogens is 1. The first-order valence-corrected chi connectivity index (χ1v) is 10.8. The molecule has 1 amide bonds. The van der Waals surface area contributed by atoms with E-state index in [1.807, 2.05) is 50.6 Å². The molecule has 0 saturated heterocycles. The fourth-order valence-electron chi connectivity index (χ4n) is 3.64. The molecule has 0 radical (unpaired) electrons. The van der Waals surface area contributed by atoms with Crippen molar-refractivity contribution in [3.8, 4) is 40.0 Å². The van der Waals surface area contributed by atoms with Crippen LogP contribution in [0.2, 0.25) is 0 Å². The maximum absolute atomic E-state index is 12.1. The molecular formula is C26H27N5O2. The first-order chi connectivity index (χ1) is 15.9. The van der Waals surface area contributed by atoms with Crippen molar-refractivity contribution in [2.45, 2.75) is 27.7 Å². The highest BCUT2D eigenvalue weighted by molar-refractivity contribution is 6.06. The molecule has 4 rings (SSSR count). The Kier molecular flexibility index (Phi) is 6.18. The highest BCUT2D eigenvalue weighted by atomic mass is 16.5. The van der Waals surface area contributed by atoms with E-state index in [0.717, 1.165) is 39.0 Å².